The first-order valence-corrected chi connectivity index (χ1v) is 5.42. The molecule has 0 atom stereocenters. The monoisotopic (exact) mass is 250 g/mol. The van der Waals surface area contributed by atoms with Crippen molar-refractivity contribution < 1.29 is 4.79 Å². The van der Waals surface area contributed by atoms with Crippen LogP contribution in [0.15, 0.2) is 30.3 Å². The molecule has 5 nitrogen and oxygen atoms in total. The molecule has 0 aliphatic carbocycles. The van der Waals surface area contributed by atoms with E-state index in [0.29, 0.717) is 5.56 Å². The Kier molecular flexibility index (Phi) is 5.34. The van der Waals surface area contributed by atoms with Gasteiger partial charge in [-0.3, -0.25) is 4.79 Å². The first-order chi connectivity index (χ1) is 9.21. The maximum Gasteiger partial charge on any atom is 0.248 e. The Morgan fingerprint density at radius 2 is 1.68 bits per heavy atom. The molecule has 0 N–H and O–H groups in total. The number of carbonyl (C=O) groups is 1. The Bertz CT molecular complexity index is 580. The number of nitrogens with zero attached hydrogens (tertiary/aromatic N) is 4. The van der Waals surface area contributed by atoms with Crippen LogP contribution in [-0.4, -0.2) is 23.9 Å². The van der Waals surface area contributed by atoms with Gasteiger partial charge in [-0.05, 0) is 23.8 Å². The normalized spacial score (nSPS) is 9.32. The Labute approximate surface area is 111 Å². The predicted molar refractivity (Wildman–Crippen MR) is 68.0 cm³/mol. The summed E-state index contributed by atoms with van der Waals surface area (Å²) in [4.78, 5) is 12.8. The van der Waals surface area contributed by atoms with E-state index < -0.39 is 5.91 Å². The van der Waals surface area contributed by atoms with Crippen molar-refractivity contribution in [2.24, 2.45) is 0 Å². The van der Waals surface area contributed by atoms with Crippen LogP contribution in [0.25, 0.3) is 6.08 Å². The molecule has 0 unspecified atom stereocenters. The minimum atomic E-state index is -0.396. The number of rotatable bonds is 4. The van der Waals surface area contributed by atoms with Gasteiger partial charge in [-0.1, -0.05) is 12.1 Å². The molecule has 0 fully saturated rings. The van der Waals surface area contributed by atoms with Crippen LogP contribution >= 0.6 is 0 Å². The molecular weight excluding hydrogens is 240 g/mol. The van der Waals surface area contributed by atoms with Crippen molar-refractivity contribution in [3.8, 4) is 18.2 Å². The van der Waals surface area contributed by atoms with Crippen molar-refractivity contribution in [3.05, 3.63) is 41.5 Å². The van der Waals surface area contributed by atoms with Crippen LogP contribution in [0.5, 0.6) is 0 Å². The van der Waals surface area contributed by atoms with Crippen LogP contribution in [-0.2, 0) is 4.79 Å². The summed E-state index contributed by atoms with van der Waals surface area (Å²) in [5.74, 6) is -0.396. The maximum atomic E-state index is 11.7. The summed E-state index contributed by atoms with van der Waals surface area (Å²) in [6, 6.07) is 12.4. The van der Waals surface area contributed by atoms with Gasteiger partial charge in [0.1, 0.15) is 13.1 Å². The van der Waals surface area contributed by atoms with Crippen molar-refractivity contribution in [2.45, 2.75) is 0 Å². The van der Waals surface area contributed by atoms with Gasteiger partial charge >= 0.3 is 0 Å². The smallest absolute Gasteiger partial charge is 0.248 e. The van der Waals surface area contributed by atoms with Crippen LogP contribution in [0.4, 0.5) is 0 Å². The minimum absolute atomic E-state index is 0.121. The molecule has 0 aromatic heterocycles. The highest BCUT2D eigenvalue weighted by Gasteiger charge is 2.08. The Morgan fingerprint density at radius 3 is 2.16 bits per heavy atom. The number of carbonyl (C=O) groups excluding carboxylic acids is 1. The molecule has 1 aromatic carbocycles. The second kappa shape index (κ2) is 7.27. The van der Waals surface area contributed by atoms with Crippen LogP contribution in [0.1, 0.15) is 11.1 Å². The zero-order valence-electron chi connectivity index (χ0n) is 10.1. The summed E-state index contributed by atoms with van der Waals surface area (Å²) < 4.78 is 0. The molecule has 0 heterocycles. The van der Waals surface area contributed by atoms with Crippen LogP contribution in [0.2, 0.25) is 0 Å². The summed E-state index contributed by atoms with van der Waals surface area (Å²) in [7, 11) is 0. The number of hydrogen-bond acceptors (Lipinski definition) is 4. The highest BCUT2D eigenvalue weighted by atomic mass is 16.2. The van der Waals surface area contributed by atoms with Crippen LogP contribution in [0, 0.1) is 34.0 Å². The summed E-state index contributed by atoms with van der Waals surface area (Å²) in [5, 5.41) is 25.7. The Balaban J connectivity index is 2.74. The number of hydrogen-bond donors (Lipinski definition) is 0. The third kappa shape index (κ3) is 4.34. The van der Waals surface area contributed by atoms with E-state index in [2.05, 4.69) is 0 Å². The van der Waals surface area contributed by atoms with E-state index in [4.69, 9.17) is 15.8 Å². The lowest BCUT2D eigenvalue weighted by molar-refractivity contribution is -0.124. The third-order valence-electron chi connectivity index (χ3n) is 2.29. The van der Waals surface area contributed by atoms with E-state index >= 15 is 0 Å². The number of amides is 1. The lowest BCUT2D eigenvalue weighted by Crippen LogP contribution is -2.30. The first-order valence-electron chi connectivity index (χ1n) is 5.42. The van der Waals surface area contributed by atoms with E-state index in [1.54, 1.807) is 30.3 Å². The summed E-state index contributed by atoms with van der Waals surface area (Å²) >= 11 is 0. The average Bonchev–Trinajstić information content (AvgIpc) is 2.45. The lowest BCUT2D eigenvalue weighted by atomic mass is 10.1. The molecule has 1 aromatic rings. The average molecular weight is 250 g/mol. The highest BCUT2D eigenvalue weighted by Crippen LogP contribution is 2.05. The van der Waals surface area contributed by atoms with Gasteiger partial charge in [0, 0.05) is 6.08 Å². The quantitative estimate of drug-likeness (QED) is 0.597. The minimum Gasteiger partial charge on any atom is -0.313 e. The predicted octanol–water partition coefficient (Wildman–Crippen LogP) is 1.45. The molecule has 0 aliphatic rings. The molecule has 1 rings (SSSR count). The van der Waals surface area contributed by atoms with Crippen LogP contribution < -0.4 is 0 Å². The van der Waals surface area contributed by atoms with Gasteiger partial charge in [-0.15, -0.1) is 0 Å². The second-order valence-electron chi connectivity index (χ2n) is 3.58. The zero-order chi connectivity index (χ0) is 14.1. The van der Waals surface area contributed by atoms with E-state index in [1.165, 1.54) is 6.08 Å². The molecule has 0 bridgehead atoms. The van der Waals surface area contributed by atoms with Gasteiger partial charge in [0.25, 0.3) is 0 Å². The fourth-order valence-corrected chi connectivity index (χ4v) is 1.32. The standard InChI is InChI=1S/C14H10N4O/c15-7-9-18(10-8-16)14(19)6-5-12-1-3-13(11-17)4-2-12/h1-6H,9-10H2. The van der Waals surface area contributed by atoms with Crippen molar-refractivity contribution in [2.75, 3.05) is 13.1 Å². The third-order valence-corrected chi connectivity index (χ3v) is 2.29. The van der Waals surface area contributed by atoms with E-state index in [0.717, 1.165) is 10.5 Å². The topological polar surface area (TPSA) is 91.7 Å². The molecule has 0 saturated heterocycles. The lowest BCUT2D eigenvalue weighted by Gasteiger charge is -2.12. The van der Waals surface area contributed by atoms with Gasteiger partial charge < -0.3 is 4.90 Å². The zero-order valence-corrected chi connectivity index (χ0v) is 10.1. The van der Waals surface area contributed by atoms with Crippen molar-refractivity contribution in [1.82, 2.24) is 4.90 Å². The molecule has 19 heavy (non-hydrogen) atoms. The summed E-state index contributed by atoms with van der Waals surface area (Å²) in [5.41, 5.74) is 1.31. The second-order valence-corrected chi connectivity index (χ2v) is 3.58. The fourth-order valence-electron chi connectivity index (χ4n) is 1.32. The molecule has 0 aliphatic heterocycles. The van der Waals surface area contributed by atoms with Gasteiger partial charge in [-0.25, -0.2) is 0 Å². The van der Waals surface area contributed by atoms with Crippen molar-refractivity contribution in [3.63, 3.8) is 0 Å². The molecular formula is C14H10N4O. The van der Waals surface area contributed by atoms with Gasteiger partial charge in [0.05, 0.1) is 23.8 Å². The van der Waals surface area contributed by atoms with E-state index in [9.17, 15) is 4.79 Å². The summed E-state index contributed by atoms with van der Waals surface area (Å²) in [6.45, 7) is -0.242. The van der Waals surface area contributed by atoms with E-state index in [-0.39, 0.29) is 13.1 Å². The number of nitriles is 3. The number of benzene rings is 1. The SMILES string of the molecule is N#CCN(CC#N)C(=O)C=Cc1ccc(C#N)cc1. The molecule has 0 spiro atoms. The maximum absolute atomic E-state index is 11.7. The Hall–Kier alpha value is -3.10. The molecule has 0 radical (unpaired) electrons. The van der Waals surface area contributed by atoms with Crippen molar-refractivity contribution >= 4 is 12.0 Å². The van der Waals surface area contributed by atoms with Gasteiger partial charge in [0.2, 0.25) is 5.91 Å². The molecule has 0 saturated carbocycles. The molecule has 5 heteroatoms. The van der Waals surface area contributed by atoms with E-state index in [1.807, 2.05) is 18.2 Å². The Morgan fingerprint density at radius 1 is 1.11 bits per heavy atom. The summed E-state index contributed by atoms with van der Waals surface area (Å²) in [6.07, 6.45) is 2.88. The van der Waals surface area contributed by atoms with Gasteiger partial charge in [-0.2, -0.15) is 15.8 Å². The molecule has 1 amide bonds. The highest BCUT2D eigenvalue weighted by molar-refractivity contribution is 5.92. The van der Waals surface area contributed by atoms with Crippen molar-refractivity contribution in [1.29, 1.82) is 15.8 Å². The fraction of sp³-hybridized carbons (Fsp3) is 0.143. The first kappa shape index (κ1) is 14.0. The molecule has 92 valence electrons. The van der Waals surface area contributed by atoms with Crippen LogP contribution in [0.3, 0.4) is 0 Å². The largest absolute Gasteiger partial charge is 0.313 e. The van der Waals surface area contributed by atoms with Gasteiger partial charge in [0.15, 0.2) is 0 Å².